The zero-order chi connectivity index (χ0) is 17.4. The lowest BCUT2D eigenvalue weighted by Gasteiger charge is -2.27. The van der Waals surface area contributed by atoms with Crippen LogP contribution in [0, 0.1) is 22.0 Å². The van der Waals surface area contributed by atoms with Crippen LogP contribution in [0.4, 0.5) is 0 Å². The van der Waals surface area contributed by atoms with Crippen molar-refractivity contribution in [3.8, 4) is 5.75 Å². The number of nitro groups is 1. The van der Waals surface area contributed by atoms with Crippen LogP contribution in [0.25, 0.3) is 0 Å². The summed E-state index contributed by atoms with van der Waals surface area (Å²) in [7, 11) is 1.62. The van der Waals surface area contributed by atoms with E-state index < -0.39 is 0 Å². The molecule has 0 aliphatic heterocycles. The number of carbonyl (C=O) groups excluding carboxylic acids is 1. The number of rotatable bonds is 8. The summed E-state index contributed by atoms with van der Waals surface area (Å²) in [6.45, 7) is -0.0838. The van der Waals surface area contributed by atoms with Gasteiger partial charge in [0, 0.05) is 23.0 Å². The average Bonchev–Trinajstić information content (AvgIpc) is 2.60. The summed E-state index contributed by atoms with van der Waals surface area (Å²) in [6.07, 6.45) is 5.83. The van der Waals surface area contributed by atoms with Gasteiger partial charge in [0.05, 0.1) is 7.11 Å². The maximum atomic E-state index is 12.3. The summed E-state index contributed by atoms with van der Waals surface area (Å²) in [4.78, 5) is 23.0. The fraction of sp³-hybridized carbons (Fsp3) is 0.611. The summed E-state index contributed by atoms with van der Waals surface area (Å²) >= 11 is 1.26. The molecule has 0 spiro atoms. The van der Waals surface area contributed by atoms with E-state index >= 15 is 0 Å². The van der Waals surface area contributed by atoms with E-state index in [0.717, 1.165) is 37.0 Å². The zero-order valence-electron chi connectivity index (χ0n) is 14.1. The molecule has 132 valence electrons. The molecule has 24 heavy (non-hydrogen) atoms. The van der Waals surface area contributed by atoms with Gasteiger partial charge < -0.3 is 4.74 Å². The van der Waals surface area contributed by atoms with Gasteiger partial charge >= 0.3 is 0 Å². The van der Waals surface area contributed by atoms with Crippen molar-refractivity contribution in [3.05, 3.63) is 39.9 Å². The van der Waals surface area contributed by atoms with Crippen LogP contribution in [0.2, 0.25) is 0 Å². The van der Waals surface area contributed by atoms with Gasteiger partial charge in [0.15, 0.2) is 5.12 Å². The molecule has 1 saturated carbocycles. The molecule has 0 aromatic heterocycles. The summed E-state index contributed by atoms with van der Waals surface area (Å²) in [6, 6.07) is 7.62. The van der Waals surface area contributed by atoms with Crippen molar-refractivity contribution < 1.29 is 14.5 Å². The topological polar surface area (TPSA) is 69.4 Å². The number of nitrogens with zero attached hydrogens (tertiary/aromatic N) is 1. The maximum absolute atomic E-state index is 12.3. The first-order chi connectivity index (χ1) is 11.6. The molecule has 0 saturated heterocycles. The summed E-state index contributed by atoms with van der Waals surface area (Å²) < 4.78 is 5.11. The largest absolute Gasteiger partial charge is 0.497 e. The van der Waals surface area contributed by atoms with Crippen molar-refractivity contribution in [3.63, 3.8) is 0 Å². The molecule has 1 aliphatic rings. The lowest BCUT2D eigenvalue weighted by Crippen LogP contribution is -2.26. The Bertz CT molecular complexity index is 540. The first kappa shape index (κ1) is 18.8. The fourth-order valence-electron chi connectivity index (χ4n) is 3.34. The Hall–Kier alpha value is -1.56. The Labute approximate surface area is 147 Å². The van der Waals surface area contributed by atoms with Gasteiger partial charge in [0.25, 0.3) is 0 Å². The molecule has 0 heterocycles. The zero-order valence-corrected chi connectivity index (χ0v) is 14.9. The van der Waals surface area contributed by atoms with Crippen LogP contribution < -0.4 is 4.74 Å². The second-order valence-corrected chi connectivity index (χ2v) is 7.42. The monoisotopic (exact) mass is 351 g/mol. The van der Waals surface area contributed by atoms with Gasteiger partial charge in [0.2, 0.25) is 6.54 Å². The summed E-state index contributed by atoms with van der Waals surface area (Å²) in [5.74, 6) is 1.60. The summed E-state index contributed by atoms with van der Waals surface area (Å²) in [5.41, 5.74) is 1.05. The first-order valence-corrected chi connectivity index (χ1v) is 9.47. The van der Waals surface area contributed by atoms with E-state index in [1.807, 2.05) is 24.3 Å². The van der Waals surface area contributed by atoms with Crippen LogP contribution in [0.3, 0.4) is 0 Å². The molecule has 0 amide bonds. The molecular formula is C18H25NO4S. The number of benzene rings is 1. The third-order valence-corrected chi connectivity index (χ3v) is 5.65. The Morgan fingerprint density at radius 2 is 1.96 bits per heavy atom. The Morgan fingerprint density at radius 1 is 1.29 bits per heavy atom. The van der Waals surface area contributed by atoms with Gasteiger partial charge in [-0.15, -0.1) is 0 Å². The quantitative estimate of drug-likeness (QED) is 0.515. The smallest absolute Gasteiger partial charge is 0.207 e. The minimum absolute atomic E-state index is 0.0586. The second kappa shape index (κ2) is 9.67. The van der Waals surface area contributed by atoms with Crippen LogP contribution in [0.5, 0.6) is 5.75 Å². The van der Waals surface area contributed by atoms with Crippen LogP contribution in [0.15, 0.2) is 24.3 Å². The normalized spacial score (nSPS) is 16.5. The lowest BCUT2D eigenvalue weighted by molar-refractivity contribution is -0.490. The van der Waals surface area contributed by atoms with E-state index in [4.69, 9.17) is 4.74 Å². The molecule has 2 rings (SSSR count). The highest BCUT2D eigenvalue weighted by Crippen LogP contribution is 2.33. The molecule has 1 atom stereocenters. The van der Waals surface area contributed by atoms with Gasteiger partial charge in [-0.25, -0.2) is 0 Å². The van der Waals surface area contributed by atoms with Crippen molar-refractivity contribution in [1.82, 2.24) is 0 Å². The van der Waals surface area contributed by atoms with E-state index in [1.165, 1.54) is 18.2 Å². The number of carbonyl (C=O) groups is 1. The van der Waals surface area contributed by atoms with Crippen LogP contribution in [0.1, 0.15) is 44.1 Å². The first-order valence-electron chi connectivity index (χ1n) is 8.49. The molecule has 6 heteroatoms. The molecule has 0 N–H and O–H groups in total. The second-order valence-electron chi connectivity index (χ2n) is 6.39. The van der Waals surface area contributed by atoms with Gasteiger partial charge in [-0.05, 0) is 36.5 Å². The van der Waals surface area contributed by atoms with Gasteiger partial charge in [-0.3, -0.25) is 14.9 Å². The standard InChI is InChI=1S/C18H25NO4S/c1-23-17-9-7-14(8-10-17)13-24-18(20)11-16(12-19(21)22)15-5-3-2-4-6-15/h7-10,15-16H,2-6,11-13H2,1H3/t16-/m1/s1. The molecule has 1 aromatic carbocycles. The third-order valence-electron chi connectivity index (χ3n) is 4.69. The highest BCUT2D eigenvalue weighted by atomic mass is 32.2. The van der Waals surface area contributed by atoms with Crippen LogP contribution in [-0.4, -0.2) is 23.7 Å². The van der Waals surface area contributed by atoms with E-state index in [-0.39, 0.29) is 22.5 Å². The van der Waals surface area contributed by atoms with E-state index in [9.17, 15) is 14.9 Å². The van der Waals surface area contributed by atoms with Crippen LogP contribution in [-0.2, 0) is 10.5 Å². The Balaban J connectivity index is 1.85. The van der Waals surface area contributed by atoms with Crippen molar-refractivity contribution in [2.75, 3.05) is 13.7 Å². The third kappa shape index (κ3) is 6.15. The Morgan fingerprint density at radius 3 is 2.54 bits per heavy atom. The van der Waals surface area contributed by atoms with Gasteiger partial charge in [0.1, 0.15) is 5.75 Å². The van der Waals surface area contributed by atoms with E-state index in [0.29, 0.717) is 18.1 Å². The van der Waals surface area contributed by atoms with Crippen molar-refractivity contribution in [2.45, 2.75) is 44.3 Å². The highest BCUT2D eigenvalue weighted by Gasteiger charge is 2.29. The number of hydrogen-bond donors (Lipinski definition) is 0. The number of hydrogen-bond acceptors (Lipinski definition) is 5. The highest BCUT2D eigenvalue weighted by molar-refractivity contribution is 8.12. The SMILES string of the molecule is COc1ccc(CSC(=O)C[C@H](C[N+](=O)[O-])C2CCCCC2)cc1. The minimum atomic E-state index is -0.263. The minimum Gasteiger partial charge on any atom is -0.497 e. The molecule has 1 aromatic rings. The predicted molar refractivity (Wildman–Crippen MR) is 95.8 cm³/mol. The van der Waals surface area contributed by atoms with Crippen molar-refractivity contribution >= 4 is 16.9 Å². The van der Waals surface area contributed by atoms with Crippen molar-refractivity contribution in [1.29, 1.82) is 0 Å². The molecule has 5 nitrogen and oxygen atoms in total. The molecule has 0 unspecified atom stereocenters. The molecule has 0 radical (unpaired) electrons. The molecule has 0 bridgehead atoms. The number of methoxy groups -OCH3 is 1. The van der Waals surface area contributed by atoms with Crippen LogP contribution >= 0.6 is 11.8 Å². The van der Waals surface area contributed by atoms with Gasteiger partial charge in [-0.2, -0.15) is 0 Å². The van der Waals surface area contributed by atoms with Gasteiger partial charge in [-0.1, -0.05) is 43.2 Å². The maximum Gasteiger partial charge on any atom is 0.207 e. The predicted octanol–water partition coefficient (Wildman–Crippen LogP) is 4.32. The summed E-state index contributed by atoms with van der Waals surface area (Å²) in [5, 5.41) is 11.0. The van der Waals surface area contributed by atoms with E-state index in [1.54, 1.807) is 7.11 Å². The average molecular weight is 351 g/mol. The molecule has 1 aliphatic carbocycles. The fourth-order valence-corrected chi connectivity index (χ4v) is 4.19. The molecular weight excluding hydrogens is 326 g/mol. The Kier molecular flexibility index (Phi) is 7.56. The van der Waals surface area contributed by atoms with E-state index in [2.05, 4.69) is 0 Å². The number of thioether (sulfide) groups is 1. The lowest BCUT2D eigenvalue weighted by atomic mass is 9.79. The number of ether oxygens (including phenoxy) is 1. The molecule has 1 fully saturated rings. The van der Waals surface area contributed by atoms with Crippen molar-refractivity contribution in [2.24, 2.45) is 11.8 Å².